The smallest absolute Gasteiger partial charge is 0.194 e. The van der Waals surface area contributed by atoms with Gasteiger partial charge in [-0.05, 0) is 17.2 Å². The van der Waals surface area contributed by atoms with Crippen molar-refractivity contribution in [3.8, 4) is 11.1 Å². The second-order valence-electron chi connectivity index (χ2n) is 4.63. The van der Waals surface area contributed by atoms with Crippen LogP contribution >= 0.6 is 11.6 Å². The summed E-state index contributed by atoms with van der Waals surface area (Å²) in [5, 5.41) is 0.370. The molecule has 1 heterocycles. The lowest BCUT2D eigenvalue weighted by atomic mass is 10.00. The summed E-state index contributed by atoms with van der Waals surface area (Å²) in [5.41, 5.74) is 3.29. The third kappa shape index (κ3) is 2.86. The molecule has 3 aromatic rings. The molecular weight excluding hydrogens is 282 g/mol. The third-order valence-electron chi connectivity index (χ3n) is 3.27. The maximum absolute atomic E-state index is 12.4. The Morgan fingerprint density at radius 1 is 0.857 bits per heavy atom. The molecule has 21 heavy (non-hydrogen) atoms. The summed E-state index contributed by atoms with van der Waals surface area (Å²) >= 11 is 6.01. The van der Waals surface area contributed by atoms with Crippen molar-refractivity contribution in [2.24, 2.45) is 0 Å². The number of aromatic nitrogens is 1. The summed E-state index contributed by atoms with van der Waals surface area (Å²) in [7, 11) is 0. The van der Waals surface area contributed by atoms with E-state index in [0.717, 1.165) is 11.1 Å². The number of carbonyl (C=O) groups is 1. The number of pyridine rings is 1. The van der Waals surface area contributed by atoms with E-state index in [0.29, 0.717) is 16.1 Å². The summed E-state index contributed by atoms with van der Waals surface area (Å²) in [5.74, 6) is -0.0954. The highest BCUT2D eigenvalue weighted by Gasteiger charge is 2.12. The number of ketones is 1. The first-order chi connectivity index (χ1) is 10.3. The van der Waals surface area contributed by atoms with Crippen LogP contribution < -0.4 is 0 Å². The molecule has 102 valence electrons. The molecule has 0 amide bonds. The molecule has 0 N–H and O–H groups in total. The van der Waals surface area contributed by atoms with Gasteiger partial charge in [-0.2, -0.15) is 0 Å². The average molecular weight is 294 g/mol. The zero-order valence-corrected chi connectivity index (χ0v) is 11.9. The minimum absolute atomic E-state index is 0.0954. The van der Waals surface area contributed by atoms with E-state index < -0.39 is 0 Å². The van der Waals surface area contributed by atoms with Gasteiger partial charge in [-0.1, -0.05) is 66.2 Å². The lowest BCUT2D eigenvalue weighted by molar-refractivity contribution is 0.103. The Kier molecular flexibility index (Phi) is 3.80. The van der Waals surface area contributed by atoms with Crippen LogP contribution in [0.1, 0.15) is 15.9 Å². The predicted octanol–water partition coefficient (Wildman–Crippen LogP) is 4.63. The van der Waals surface area contributed by atoms with Gasteiger partial charge in [-0.15, -0.1) is 0 Å². The summed E-state index contributed by atoms with van der Waals surface area (Å²) in [6.07, 6.45) is 3.05. The predicted molar refractivity (Wildman–Crippen MR) is 84.6 cm³/mol. The lowest BCUT2D eigenvalue weighted by Crippen LogP contribution is -2.02. The Bertz CT molecular complexity index is 767. The molecule has 0 atom stereocenters. The van der Waals surface area contributed by atoms with Crippen molar-refractivity contribution in [2.75, 3.05) is 0 Å². The van der Waals surface area contributed by atoms with Crippen molar-refractivity contribution in [3.05, 3.63) is 89.2 Å². The van der Waals surface area contributed by atoms with Gasteiger partial charge in [-0.3, -0.25) is 9.78 Å². The van der Waals surface area contributed by atoms with Crippen LogP contribution in [0.25, 0.3) is 11.1 Å². The Morgan fingerprint density at radius 2 is 1.52 bits per heavy atom. The molecule has 2 nitrogen and oxygen atoms in total. The van der Waals surface area contributed by atoms with E-state index >= 15 is 0 Å². The van der Waals surface area contributed by atoms with Crippen LogP contribution in [0.3, 0.4) is 0 Å². The van der Waals surface area contributed by atoms with E-state index in [2.05, 4.69) is 4.98 Å². The van der Waals surface area contributed by atoms with E-state index in [1.165, 1.54) is 6.20 Å². The molecule has 0 fully saturated rings. The highest BCUT2D eigenvalue weighted by molar-refractivity contribution is 6.34. The van der Waals surface area contributed by atoms with E-state index in [4.69, 9.17) is 11.6 Å². The Labute approximate surface area is 128 Å². The molecule has 0 saturated carbocycles. The van der Waals surface area contributed by atoms with Gasteiger partial charge in [0.15, 0.2) is 5.78 Å². The summed E-state index contributed by atoms with van der Waals surface area (Å²) in [4.78, 5) is 16.3. The highest BCUT2D eigenvalue weighted by Crippen LogP contribution is 2.22. The highest BCUT2D eigenvalue weighted by atomic mass is 35.5. The fourth-order valence-corrected chi connectivity index (χ4v) is 2.36. The van der Waals surface area contributed by atoms with Gasteiger partial charge in [-0.25, -0.2) is 0 Å². The van der Waals surface area contributed by atoms with Gasteiger partial charge >= 0.3 is 0 Å². The average Bonchev–Trinajstić information content (AvgIpc) is 2.56. The van der Waals surface area contributed by atoms with Crippen LogP contribution in [-0.2, 0) is 0 Å². The molecular formula is C18H12ClNO. The number of carbonyl (C=O) groups excluding carboxylic acids is 1. The first-order valence-electron chi connectivity index (χ1n) is 6.55. The maximum Gasteiger partial charge on any atom is 0.194 e. The number of hydrogen-bond donors (Lipinski definition) is 0. The third-order valence-corrected chi connectivity index (χ3v) is 3.57. The molecule has 0 saturated heterocycles. The fraction of sp³-hybridized carbons (Fsp3) is 0. The second-order valence-corrected chi connectivity index (χ2v) is 5.04. The largest absolute Gasteiger partial charge is 0.289 e. The van der Waals surface area contributed by atoms with Crippen LogP contribution in [-0.4, -0.2) is 10.8 Å². The van der Waals surface area contributed by atoms with Crippen LogP contribution in [0, 0.1) is 0 Å². The van der Waals surface area contributed by atoms with Gasteiger partial charge in [0.25, 0.3) is 0 Å². The van der Waals surface area contributed by atoms with E-state index in [1.54, 1.807) is 12.3 Å². The molecule has 0 radical (unpaired) electrons. The molecule has 2 aromatic carbocycles. The van der Waals surface area contributed by atoms with E-state index in [1.807, 2.05) is 54.6 Å². The minimum atomic E-state index is -0.0954. The summed E-state index contributed by atoms with van der Waals surface area (Å²) in [6.45, 7) is 0. The quantitative estimate of drug-likeness (QED) is 0.659. The molecule has 0 aliphatic carbocycles. The van der Waals surface area contributed by atoms with E-state index in [9.17, 15) is 4.79 Å². The number of halogens is 1. The fourth-order valence-electron chi connectivity index (χ4n) is 2.16. The second kappa shape index (κ2) is 5.90. The first kappa shape index (κ1) is 13.5. The number of hydrogen-bond acceptors (Lipinski definition) is 2. The summed E-state index contributed by atoms with van der Waals surface area (Å²) < 4.78 is 0. The van der Waals surface area contributed by atoms with Crippen LogP contribution in [0.2, 0.25) is 5.02 Å². The lowest BCUT2D eigenvalue weighted by Gasteiger charge is -2.05. The Morgan fingerprint density at radius 3 is 2.19 bits per heavy atom. The molecule has 3 heteroatoms. The Hall–Kier alpha value is -2.45. The van der Waals surface area contributed by atoms with Gasteiger partial charge in [0.2, 0.25) is 0 Å². The molecule has 3 rings (SSSR count). The van der Waals surface area contributed by atoms with Crippen molar-refractivity contribution in [3.63, 3.8) is 0 Å². The van der Waals surface area contributed by atoms with Gasteiger partial charge in [0, 0.05) is 23.5 Å². The molecule has 1 aromatic heterocycles. The zero-order chi connectivity index (χ0) is 14.7. The first-order valence-corrected chi connectivity index (χ1v) is 6.93. The van der Waals surface area contributed by atoms with Gasteiger partial charge < -0.3 is 0 Å². The van der Waals surface area contributed by atoms with E-state index in [-0.39, 0.29) is 5.78 Å². The van der Waals surface area contributed by atoms with Crippen LogP contribution in [0.4, 0.5) is 0 Å². The monoisotopic (exact) mass is 293 g/mol. The van der Waals surface area contributed by atoms with Crippen molar-refractivity contribution >= 4 is 17.4 Å². The normalized spacial score (nSPS) is 10.3. The number of nitrogens with zero attached hydrogens (tertiary/aromatic N) is 1. The topological polar surface area (TPSA) is 30.0 Å². The molecule has 0 bridgehead atoms. The van der Waals surface area contributed by atoms with Gasteiger partial charge in [0.1, 0.15) is 0 Å². The van der Waals surface area contributed by atoms with Crippen molar-refractivity contribution in [1.82, 2.24) is 4.98 Å². The van der Waals surface area contributed by atoms with Crippen LogP contribution in [0.15, 0.2) is 73.1 Å². The Balaban J connectivity index is 1.91. The van der Waals surface area contributed by atoms with Crippen molar-refractivity contribution in [1.29, 1.82) is 0 Å². The minimum Gasteiger partial charge on any atom is -0.289 e. The standard InChI is InChI=1S/C18H12ClNO/c19-17-12-20-11-10-16(17)18(21)15-8-6-14(7-9-15)13-4-2-1-3-5-13/h1-12H. The number of benzene rings is 2. The SMILES string of the molecule is O=C(c1ccc(-c2ccccc2)cc1)c1ccncc1Cl. The number of rotatable bonds is 3. The van der Waals surface area contributed by atoms with Crippen molar-refractivity contribution in [2.45, 2.75) is 0 Å². The molecule has 0 spiro atoms. The van der Waals surface area contributed by atoms with Gasteiger partial charge in [0.05, 0.1) is 5.02 Å². The summed E-state index contributed by atoms with van der Waals surface area (Å²) in [6, 6.07) is 19.2. The molecule has 0 aliphatic heterocycles. The zero-order valence-electron chi connectivity index (χ0n) is 11.2. The van der Waals surface area contributed by atoms with Crippen molar-refractivity contribution < 1.29 is 4.79 Å². The maximum atomic E-state index is 12.4. The van der Waals surface area contributed by atoms with Crippen LogP contribution in [0.5, 0.6) is 0 Å². The molecule has 0 aliphatic rings. The molecule has 0 unspecified atom stereocenters.